The number of fused-ring (bicyclic) bond motifs is 1. The molecule has 0 aromatic heterocycles. The fourth-order valence-corrected chi connectivity index (χ4v) is 4.38. The highest BCUT2D eigenvalue weighted by atomic mass is 15.6. The van der Waals surface area contributed by atoms with Gasteiger partial charge in [-0.15, -0.1) is 10.2 Å². The Morgan fingerprint density at radius 1 is 0.786 bits per heavy atom. The first-order valence-corrected chi connectivity index (χ1v) is 9.92. The molecule has 0 fully saturated rings. The van der Waals surface area contributed by atoms with Crippen LogP contribution in [0.15, 0.2) is 69.7 Å². The number of hydrogen-bond acceptors (Lipinski definition) is 4. The molecular weight excluding hydrogens is 344 g/mol. The number of benzene rings is 2. The van der Waals surface area contributed by atoms with Crippen LogP contribution in [0, 0.1) is 0 Å². The quantitative estimate of drug-likeness (QED) is 0.551. The predicted molar refractivity (Wildman–Crippen MR) is 113 cm³/mol. The minimum absolute atomic E-state index is 0.124. The Kier molecular flexibility index (Phi) is 4.14. The standard InChI is InChI=1S/C24H28N4/c1-16(2)17-7-9-18(10-8-17)24(25-27-28-26-24)19-11-12-20-21(15-19)23(5,6)14-13-22(20,3)4/h7-12,15H,1,13-14H2,2-6H3. The summed E-state index contributed by atoms with van der Waals surface area (Å²) in [6, 6.07) is 14.9. The molecule has 4 heteroatoms. The van der Waals surface area contributed by atoms with Gasteiger partial charge < -0.3 is 0 Å². The summed E-state index contributed by atoms with van der Waals surface area (Å²) in [5.41, 5.74) is 6.34. The summed E-state index contributed by atoms with van der Waals surface area (Å²) in [5.74, 6) is 0. The van der Waals surface area contributed by atoms with Gasteiger partial charge in [0, 0.05) is 11.1 Å². The van der Waals surface area contributed by atoms with Gasteiger partial charge in [-0.3, -0.25) is 0 Å². The molecule has 4 nitrogen and oxygen atoms in total. The van der Waals surface area contributed by atoms with E-state index in [2.05, 4.69) is 97.4 Å². The Balaban J connectivity index is 1.87. The van der Waals surface area contributed by atoms with Crippen LogP contribution in [0.5, 0.6) is 0 Å². The Morgan fingerprint density at radius 2 is 1.32 bits per heavy atom. The van der Waals surface area contributed by atoms with Crippen molar-refractivity contribution < 1.29 is 0 Å². The number of allylic oxidation sites excluding steroid dienone is 1. The maximum absolute atomic E-state index is 4.48. The lowest BCUT2D eigenvalue weighted by Gasteiger charge is -2.42. The van der Waals surface area contributed by atoms with Gasteiger partial charge in [-0.25, -0.2) is 0 Å². The lowest BCUT2D eigenvalue weighted by molar-refractivity contribution is 0.331. The molecule has 2 aromatic carbocycles. The van der Waals surface area contributed by atoms with E-state index in [9.17, 15) is 0 Å². The molecule has 0 amide bonds. The van der Waals surface area contributed by atoms with Crippen molar-refractivity contribution >= 4 is 5.57 Å². The smallest absolute Gasteiger partial charge is 0.125 e. The highest BCUT2D eigenvalue weighted by Gasteiger charge is 2.42. The molecule has 0 atom stereocenters. The lowest BCUT2D eigenvalue weighted by Crippen LogP contribution is -2.34. The predicted octanol–water partition coefficient (Wildman–Crippen LogP) is 7.10. The van der Waals surface area contributed by atoms with Crippen LogP contribution in [-0.4, -0.2) is 0 Å². The van der Waals surface area contributed by atoms with Crippen molar-refractivity contribution in [3.05, 3.63) is 76.9 Å². The van der Waals surface area contributed by atoms with E-state index in [-0.39, 0.29) is 10.8 Å². The molecule has 0 saturated heterocycles. The first kappa shape index (κ1) is 18.7. The van der Waals surface area contributed by atoms with Crippen LogP contribution in [0.4, 0.5) is 0 Å². The van der Waals surface area contributed by atoms with Gasteiger partial charge in [0.15, 0.2) is 0 Å². The van der Waals surface area contributed by atoms with E-state index in [4.69, 9.17) is 0 Å². The van der Waals surface area contributed by atoms with Gasteiger partial charge in [0.25, 0.3) is 0 Å². The van der Waals surface area contributed by atoms with Crippen molar-refractivity contribution in [1.82, 2.24) is 0 Å². The monoisotopic (exact) mass is 372 g/mol. The molecule has 4 rings (SSSR count). The first-order valence-electron chi connectivity index (χ1n) is 9.92. The normalized spacial score (nSPS) is 20.8. The molecule has 28 heavy (non-hydrogen) atoms. The topological polar surface area (TPSA) is 49.4 Å². The van der Waals surface area contributed by atoms with E-state index >= 15 is 0 Å². The highest BCUT2D eigenvalue weighted by Crippen LogP contribution is 2.48. The zero-order chi connectivity index (χ0) is 20.2. The van der Waals surface area contributed by atoms with Crippen LogP contribution in [0.25, 0.3) is 5.57 Å². The summed E-state index contributed by atoms with van der Waals surface area (Å²) >= 11 is 0. The second-order valence-electron chi connectivity index (χ2n) is 9.44. The first-order chi connectivity index (χ1) is 13.2. The summed E-state index contributed by atoms with van der Waals surface area (Å²) in [6.45, 7) is 15.4. The Morgan fingerprint density at radius 3 is 1.89 bits per heavy atom. The van der Waals surface area contributed by atoms with Crippen LogP contribution in [0.3, 0.4) is 0 Å². The van der Waals surface area contributed by atoms with Crippen molar-refractivity contribution in [3.63, 3.8) is 0 Å². The van der Waals surface area contributed by atoms with E-state index in [1.165, 1.54) is 24.0 Å². The molecule has 1 aliphatic carbocycles. The molecule has 2 aliphatic rings. The van der Waals surface area contributed by atoms with Gasteiger partial charge in [0.2, 0.25) is 5.66 Å². The average Bonchev–Trinajstić information content (AvgIpc) is 3.16. The summed E-state index contributed by atoms with van der Waals surface area (Å²) in [7, 11) is 0. The molecule has 1 aliphatic heterocycles. The maximum Gasteiger partial charge on any atom is 0.245 e. The second-order valence-corrected chi connectivity index (χ2v) is 9.44. The Bertz CT molecular complexity index is 982. The molecule has 0 N–H and O–H groups in total. The lowest BCUT2D eigenvalue weighted by atomic mass is 9.62. The minimum Gasteiger partial charge on any atom is -0.125 e. The molecule has 2 aromatic rings. The minimum atomic E-state index is -0.902. The summed E-state index contributed by atoms with van der Waals surface area (Å²) in [5, 5.41) is 16.7. The molecule has 0 bridgehead atoms. The van der Waals surface area contributed by atoms with E-state index in [0.717, 1.165) is 22.3 Å². The van der Waals surface area contributed by atoms with E-state index in [1.807, 2.05) is 6.92 Å². The van der Waals surface area contributed by atoms with Gasteiger partial charge in [-0.1, -0.05) is 82.3 Å². The SMILES string of the molecule is C=C(C)c1ccc(C2(c3ccc4c(c3)C(C)(C)CCC4(C)C)N=NN=N2)cc1. The molecule has 1 heterocycles. The molecule has 0 saturated carbocycles. The molecule has 0 spiro atoms. The molecular formula is C24H28N4. The van der Waals surface area contributed by atoms with Crippen LogP contribution >= 0.6 is 0 Å². The fourth-order valence-electron chi connectivity index (χ4n) is 4.38. The van der Waals surface area contributed by atoms with Gasteiger partial charge in [-0.05, 0) is 57.7 Å². The van der Waals surface area contributed by atoms with Crippen molar-refractivity contribution in [3.8, 4) is 0 Å². The second kappa shape index (κ2) is 6.20. The zero-order valence-corrected chi connectivity index (χ0v) is 17.5. The van der Waals surface area contributed by atoms with Gasteiger partial charge in [-0.2, -0.15) is 0 Å². The highest BCUT2D eigenvalue weighted by molar-refractivity contribution is 5.62. The molecule has 144 valence electrons. The maximum atomic E-state index is 4.48. The van der Waals surface area contributed by atoms with Gasteiger partial charge in [0.1, 0.15) is 0 Å². The van der Waals surface area contributed by atoms with Crippen molar-refractivity contribution in [2.45, 2.75) is 64.0 Å². The van der Waals surface area contributed by atoms with Crippen LogP contribution in [-0.2, 0) is 16.5 Å². The van der Waals surface area contributed by atoms with Crippen molar-refractivity contribution in [1.29, 1.82) is 0 Å². The molecule has 0 unspecified atom stereocenters. The molecule has 0 radical (unpaired) electrons. The van der Waals surface area contributed by atoms with Crippen LogP contribution < -0.4 is 0 Å². The van der Waals surface area contributed by atoms with E-state index < -0.39 is 5.66 Å². The Labute approximate surface area is 167 Å². The number of nitrogens with zero attached hydrogens (tertiary/aromatic N) is 4. The van der Waals surface area contributed by atoms with Gasteiger partial charge >= 0.3 is 0 Å². The van der Waals surface area contributed by atoms with Crippen molar-refractivity contribution in [2.24, 2.45) is 20.7 Å². The van der Waals surface area contributed by atoms with Crippen molar-refractivity contribution in [2.75, 3.05) is 0 Å². The summed E-state index contributed by atoms with van der Waals surface area (Å²) in [4.78, 5) is 0. The third-order valence-electron chi connectivity index (χ3n) is 6.45. The zero-order valence-electron chi connectivity index (χ0n) is 17.5. The van der Waals surface area contributed by atoms with Crippen LogP contribution in [0.2, 0.25) is 0 Å². The summed E-state index contributed by atoms with van der Waals surface area (Å²) in [6.07, 6.45) is 2.36. The number of hydrogen-bond donors (Lipinski definition) is 0. The van der Waals surface area contributed by atoms with E-state index in [0.29, 0.717) is 0 Å². The fraction of sp³-hybridized carbons (Fsp3) is 0.417. The van der Waals surface area contributed by atoms with Gasteiger partial charge in [0.05, 0.1) is 0 Å². The third-order valence-corrected chi connectivity index (χ3v) is 6.45. The average molecular weight is 373 g/mol. The Hall–Kier alpha value is -2.62. The van der Waals surface area contributed by atoms with E-state index in [1.54, 1.807) is 0 Å². The third kappa shape index (κ3) is 2.83. The largest absolute Gasteiger partial charge is 0.245 e. The van der Waals surface area contributed by atoms with Crippen LogP contribution in [0.1, 0.15) is 75.3 Å². The number of rotatable bonds is 3. The summed E-state index contributed by atoms with van der Waals surface area (Å²) < 4.78 is 0.